The van der Waals surface area contributed by atoms with E-state index in [4.69, 9.17) is 10.2 Å². The molecule has 19 heavy (non-hydrogen) atoms. The Bertz CT molecular complexity index is 342. The summed E-state index contributed by atoms with van der Waals surface area (Å²) in [5.41, 5.74) is 0. The molecule has 0 heterocycles. The van der Waals surface area contributed by atoms with Crippen molar-refractivity contribution >= 4 is 18.0 Å². The number of hydrogen-bond acceptors (Lipinski definition) is 5. The molecular formula is C11H18N2O6. The minimum absolute atomic E-state index is 0.133. The maximum Gasteiger partial charge on any atom is 0.407 e. The smallest absolute Gasteiger partial charge is 0.407 e. The number of allylic oxidation sites excluding steroid dienone is 1. The summed E-state index contributed by atoms with van der Waals surface area (Å²) in [5.74, 6) is -1.55. The number of nitrogens with one attached hydrogen (secondary N) is 2. The molecule has 8 heteroatoms. The van der Waals surface area contributed by atoms with Crippen LogP contribution in [0, 0.1) is 0 Å². The van der Waals surface area contributed by atoms with Gasteiger partial charge in [-0.1, -0.05) is 6.08 Å². The van der Waals surface area contributed by atoms with Gasteiger partial charge in [-0.25, -0.2) is 9.59 Å². The number of carbonyl (C=O) groups is 3. The molecule has 0 spiro atoms. The van der Waals surface area contributed by atoms with E-state index in [1.165, 1.54) is 12.2 Å². The van der Waals surface area contributed by atoms with Gasteiger partial charge in [-0.05, 0) is 18.9 Å². The van der Waals surface area contributed by atoms with Gasteiger partial charge in [0.1, 0.15) is 6.04 Å². The zero-order valence-corrected chi connectivity index (χ0v) is 10.6. The van der Waals surface area contributed by atoms with Crippen LogP contribution in [-0.2, 0) is 14.3 Å². The van der Waals surface area contributed by atoms with E-state index in [9.17, 15) is 14.4 Å². The molecule has 0 aromatic rings. The number of ether oxygens (including phenoxy) is 1. The van der Waals surface area contributed by atoms with Crippen LogP contribution in [0.5, 0.6) is 0 Å². The van der Waals surface area contributed by atoms with Gasteiger partial charge in [0.15, 0.2) is 0 Å². The number of amides is 2. The Morgan fingerprint density at radius 1 is 1.37 bits per heavy atom. The number of aliphatic hydroxyl groups excluding tert-OH is 1. The highest BCUT2D eigenvalue weighted by atomic mass is 16.5. The Kier molecular flexibility index (Phi) is 8.80. The Hall–Kier alpha value is -2.09. The van der Waals surface area contributed by atoms with Gasteiger partial charge in [0, 0.05) is 6.54 Å². The molecule has 108 valence electrons. The molecule has 4 N–H and O–H groups in total. The molecule has 0 aliphatic heterocycles. The van der Waals surface area contributed by atoms with Crippen molar-refractivity contribution in [1.82, 2.24) is 10.6 Å². The van der Waals surface area contributed by atoms with E-state index in [0.717, 1.165) is 7.11 Å². The van der Waals surface area contributed by atoms with Gasteiger partial charge in [-0.3, -0.25) is 4.79 Å². The number of methoxy groups -OCH3 is 1. The third kappa shape index (κ3) is 8.61. The van der Waals surface area contributed by atoms with Gasteiger partial charge in [0.25, 0.3) is 0 Å². The van der Waals surface area contributed by atoms with Crippen LogP contribution < -0.4 is 10.6 Å². The van der Waals surface area contributed by atoms with E-state index in [1.807, 2.05) is 0 Å². The minimum Gasteiger partial charge on any atom is -0.480 e. The van der Waals surface area contributed by atoms with E-state index < -0.39 is 18.1 Å². The van der Waals surface area contributed by atoms with Crippen molar-refractivity contribution in [1.29, 1.82) is 0 Å². The van der Waals surface area contributed by atoms with Crippen molar-refractivity contribution in [2.24, 2.45) is 0 Å². The fraction of sp³-hybridized carbons (Fsp3) is 0.545. The van der Waals surface area contributed by atoms with Gasteiger partial charge in [-0.15, -0.1) is 0 Å². The summed E-state index contributed by atoms with van der Waals surface area (Å²) in [5, 5.41) is 21.9. The van der Waals surface area contributed by atoms with Gasteiger partial charge < -0.3 is 25.6 Å². The number of aliphatic hydroxyl groups is 1. The number of alkyl carbamates (subject to hydrolysis) is 1. The molecule has 0 saturated carbocycles. The summed E-state index contributed by atoms with van der Waals surface area (Å²) in [6, 6.07) is -1.07. The van der Waals surface area contributed by atoms with E-state index in [-0.39, 0.29) is 25.5 Å². The first-order chi connectivity index (χ1) is 9.01. The lowest BCUT2D eigenvalue weighted by atomic mass is 10.1. The molecule has 0 unspecified atom stereocenters. The molecule has 0 radical (unpaired) electrons. The highest BCUT2D eigenvalue weighted by Crippen LogP contribution is 1.99. The lowest BCUT2D eigenvalue weighted by Crippen LogP contribution is -2.40. The summed E-state index contributed by atoms with van der Waals surface area (Å²) in [6.07, 6.45) is 2.34. The Balaban J connectivity index is 4.05. The molecule has 0 fully saturated rings. The molecule has 0 rings (SSSR count). The number of rotatable bonds is 8. The van der Waals surface area contributed by atoms with Gasteiger partial charge in [0.2, 0.25) is 5.91 Å². The first-order valence-electron chi connectivity index (χ1n) is 5.63. The Morgan fingerprint density at radius 3 is 2.58 bits per heavy atom. The molecule has 0 aromatic heterocycles. The molecular weight excluding hydrogens is 256 g/mol. The average molecular weight is 274 g/mol. The predicted octanol–water partition coefficient (Wildman–Crippen LogP) is -0.759. The first-order valence-corrected chi connectivity index (χ1v) is 5.63. The third-order valence-corrected chi connectivity index (χ3v) is 2.08. The SMILES string of the molecule is COC(=O)N[C@@H](CC/C=C/C(=O)NCCO)C(=O)O. The summed E-state index contributed by atoms with van der Waals surface area (Å²) in [7, 11) is 1.14. The average Bonchev–Trinajstić information content (AvgIpc) is 2.39. The number of carboxylic acids is 1. The van der Waals surface area contributed by atoms with Crippen LogP contribution >= 0.6 is 0 Å². The van der Waals surface area contributed by atoms with E-state index >= 15 is 0 Å². The second kappa shape index (κ2) is 9.89. The van der Waals surface area contributed by atoms with Crippen molar-refractivity contribution < 1.29 is 29.3 Å². The highest BCUT2D eigenvalue weighted by molar-refractivity contribution is 5.87. The zero-order valence-electron chi connectivity index (χ0n) is 10.6. The van der Waals surface area contributed by atoms with E-state index in [1.54, 1.807) is 0 Å². The van der Waals surface area contributed by atoms with Gasteiger partial charge >= 0.3 is 12.1 Å². The van der Waals surface area contributed by atoms with Gasteiger partial charge in [-0.2, -0.15) is 0 Å². The standard InChI is InChI=1S/C11H18N2O6/c1-19-11(18)13-8(10(16)17)4-2-3-5-9(15)12-6-7-14/h3,5,8,14H,2,4,6-7H2,1H3,(H,12,15)(H,13,18)(H,16,17)/b5-3+/t8-/m0/s1. The maximum absolute atomic E-state index is 11.1. The summed E-state index contributed by atoms with van der Waals surface area (Å²) >= 11 is 0. The quantitative estimate of drug-likeness (QED) is 0.431. The van der Waals surface area contributed by atoms with Crippen molar-refractivity contribution in [3.8, 4) is 0 Å². The molecule has 0 bridgehead atoms. The Morgan fingerprint density at radius 2 is 2.05 bits per heavy atom. The lowest BCUT2D eigenvalue weighted by Gasteiger charge is -2.11. The Labute approximate surface area is 110 Å². The topological polar surface area (TPSA) is 125 Å². The highest BCUT2D eigenvalue weighted by Gasteiger charge is 2.18. The fourth-order valence-electron chi connectivity index (χ4n) is 1.15. The number of hydrogen-bond donors (Lipinski definition) is 4. The maximum atomic E-state index is 11.1. The second-order valence-electron chi connectivity index (χ2n) is 3.52. The van der Waals surface area contributed by atoms with Crippen molar-refractivity contribution in [3.05, 3.63) is 12.2 Å². The molecule has 0 saturated heterocycles. The number of carbonyl (C=O) groups excluding carboxylic acids is 2. The second-order valence-corrected chi connectivity index (χ2v) is 3.52. The van der Waals surface area contributed by atoms with Crippen LogP contribution in [0.3, 0.4) is 0 Å². The van der Waals surface area contributed by atoms with Crippen molar-refractivity contribution in [2.75, 3.05) is 20.3 Å². The minimum atomic E-state index is -1.18. The molecule has 0 aliphatic rings. The van der Waals surface area contributed by atoms with Gasteiger partial charge in [0.05, 0.1) is 13.7 Å². The molecule has 8 nitrogen and oxygen atoms in total. The fourth-order valence-corrected chi connectivity index (χ4v) is 1.15. The van der Waals surface area contributed by atoms with Crippen LogP contribution in [0.2, 0.25) is 0 Å². The number of carboxylic acid groups (broad SMARTS) is 1. The third-order valence-electron chi connectivity index (χ3n) is 2.08. The van der Waals surface area contributed by atoms with Crippen LogP contribution in [0.4, 0.5) is 4.79 Å². The number of aliphatic carboxylic acids is 1. The molecule has 1 atom stereocenters. The van der Waals surface area contributed by atoms with E-state index in [2.05, 4.69) is 15.4 Å². The largest absolute Gasteiger partial charge is 0.480 e. The van der Waals surface area contributed by atoms with Crippen LogP contribution in [0.25, 0.3) is 0 Å². The molecule has 0 aromatic carbocycles. The summed E-state index contributed by atoms with van der Waals surface area (Å²) in [4.78, 5) is 32.8. The molecule has 0 aliphatic carbocycles. The molecule has 2 amide bonds. The van der Waals surface area contributed by atoms with Crippen LogP contribution in [-0.4, -0.2) is 54.5 Å². The van der Waals surface area contributed by atoms with Crippen molar-refractivity contribution in [2.45, 2.75) is 18.9 Å². The summed E-state index contributed by atoms with van der Waals surface area (Å²) in [6.45, 7) is 0.00847. The monoisotopic (exact) mass is 274 g/mol. The summed E-state index contributed by atoms with van der Waals surface area (Å²) < 4.78 is 4.30. The first kappa shape index (κ1) is 16.9. The normalized spacial score (nSPS) is 11.9. The van der Waals surface area contributed by atoms with Crippen molar-refractivity contribution in [3.63, 3.8) is 0 Å². The zero-order chi connectivity index (χ0) is 14.7. The lowest BCUT2D eigenvalue weighted by molar-refractivity contribution is -0.139. The van der Waals surface area contributed by atoms with Crippen LogP contribution in [0.15, 0.2) is 12.2 Å². The predicted molar refractivity (Wildman–Crippen MR) is 65.4 cm³/mol. The van der Waals surface area contributed by atoms with E-state index in [0.29, 0.717) is 6.42 Å². The van der Waals surface area contributed by atoms with Crippen LogP contribution in [0.1, 0.15) is 12.8 Å².